The summed E-state index contributed by atoms with van der Waals surface area (Å²) in [5.41, 5.74) is 5.90. The minimum atomic E-state index is 0.828. The van der Waals surface area contributed by atoms with Crippen LogP contribution in [0.1, 0.15) is 23.6 Å². The molecule has 0 amide bonds. The third-order valence-corrected chi connectivity index (χ3v) is 2.93. The molecule has 0 aliphatic heterocycles. The molecule has 0 aliphatic carbocycles. The average Bonchev–Trinajstić information content (AvgIpc) is 2.28. The van der Waals surface area contributed by atoms with Crippen molar-refractivity contribution in [1.82, 2.24) is 9.97 Å². The summed E-state index contributed by atoms with van der Waals surface area (Å²) in [4.78, 5) is 8.87. The molecule has 0 spiro atoms. The van der Waals surface area contributed by atoms with Crippen LogP contribution in [0.3, 0.4) is 0 Å². The molecular formula is C15H19N3. The fourth-order valence-corrected chi connectivity index (χ4v) is 2.34. The largest absolute Gasteiger partial charge is 0.369 e. The molecule has 18 heavy (non-hydrogen) atoms. The zero-order valence-electron chi connectivity index (χ0n) is 11.4. The summed E-state index contributed by atoms with van der Waals surface area (Å²) in [6.07, 6.45) is 3.58. The molecule has 0 aliphatic rings. The van der Waals surface area contributed by atoms with Crippen molar-refractivity contribution in [3.8, 4) is 11.3 Å². The maximum atomic E-state index is 4.61. The maximum absolute atomic E-state index is 4.61. The second-order valence-corrected chi connectivity index (χ2v) is 4.59. The third-order valence-electron chi connectivity index (χ3n) is 2.93. The topological polar surface area (TPSA) is 37.8 Å². The summed E-state index contributed by atoms with van der Waals surface area (Å²) in [7, 11) is 0. The average molecular weight is 241 g/mol. The molecule has 1 aromatic heterocycles. The molecule has 94 valence electrons. The van der Waals surface area contributed by atoms with Gasteiger partial charge in [0.05, 0.1) is 18.1 Å². The van der Waals surface area contributed by atoms with E-state index in [9.17, 15) is 0 Å². The molecule has 0 unspecified atom stereocenters. The third kappa shape index (κ3) is 2.50. The van der Waals surface area contributed by atoms with E-state index in [2.05, 4.69) is 55.1 Å². The van der Waals surface area contributed by atoms with Crippen LogP contribution in [0.4, 0.5) is 5.82 Å². The standard InChI is InChI=1S/C15H19N3/c1-5-17-14-9-16-8-13(18-14)15-11(3)6-10(2)7-12(15)4/h6-9H,5H2,1-4H3,(H,17,18). The Kier molecular flexibility index (Phi) is 3.60. The highest BCUT2D eigenvalue weighted by Crippen LogP contribution is 2.26. The first-order valence-electron chi connectivity index (χ1n) is 6.26. The molecule has 1 N–H and O–H groups in total. The zero-order chi connectivity index (χ0) is 13.1. The molecule has 0 bridgehead atoms. The molecule has 1 heterocycles. The number of hydrogen-bond acceptors (Lipinski definition) is 3. The van der Waals surface area contributed by atoms with Gasteiger partial charge in [-0.25, -0.2) is 4.98 Å². The van der Waals surface area contributed by atoms with E-state index >= 15 is 0 Å². The van der Waals surface area contributed by atoms with Crippen LogP contribution in [-0.4, -0.2) is 16.5 Å². The van der Waals surface area contributed by atoms with Crippen LogP contribution < -0.4 is 5.32 Å². The Bertz CT molecular complexity index is 538. The van der Waals surface area contributed by atoms with Crippen LogP contribution in [0.25, 0.3) is 11.3 Å². The first kappa shape index (κ1) is 12.6. The second-order valence-electron chi connectivity index (χ2n) is 4.59. The van der Waals surface area contributed by atoms with Crippen LogP contribution in [-0.2, 0) is 0 Å². The number of nitrogens with one attached hydrogen (secondary N) is 1. The SMILES string of the molecule is CCNc1cncc(-c2c(C)cc(C)cc2C)n1. The molecule has 0 saturated carbocycles. The fraction of sp³-hybridized carbons (Fsp3) is 0.333. The monoisotopic (exact) mass is 241 g/mol. The van der Waals surface area contributed by atoms with Gasteiger partial charge in [-0.2, -0.15) is 0 Å². The number of aromatic nitrogens is 2. The van der Waals surface area contributed by atoms with Crippen molar-refractivity contribution in [2.75, 3.05) is 11.9 Å². The lowest BCUT2D eigenvalue weighted by molar-refractivity contribution is 1.12. The number of rotatable bonds is 3. The van der Waals surface area contributed by atoms with Gasteiger partial charge in [0.1, 0.15) is 5.82 Å². The van der Waals surface area contributed by atoms with Gasteiger partial charge >= 0.3 is 0 Å². The van der Waals surface area contributed by atoms with Crippen molar-refractivity contribution in [2.24, 2.45) is 0 Å². The fourth-order valence-electron chi connectivity index (χ4n) is 2.34. The van der Waals surface area contributed by atoms with Crippen molar-refractivity contribution < 1.29 is 0 Å². The van der Waals surface area contributed by atoms with Gasteiger partial charge < -0.3 is 5.32 Å². The summed E-state index contributed by atoms with van der Waals surface area (Å²) < 4.78 is 0. The lowest BCUT2D eigenvalue weighted by atomic mass is 9.98. The van der Waals surface area contributed by atoms with Crippen molar-refractivity contribution >= 4 is 5.82 Å². The lowest BCUT2D eigenvalue weighted by Gasteiger charge is -2.11. The van der Waals surface area contributed by atoms with Crippen LogP contribution >= 0.6 is 0 Å². The number of nitrogens with zero attached hydrogens (tertiary/aromatic N) is 2. The van der Waals surface area contributed by atoms with Gasteiger partial charge in [0.15, 0.2) is 0 Å². The number of benzene rings is 1. The van der Waals surface area contributed by atoms with Crippen molar-refractivity contribution in [3.63, 3.8) is 0 Å². The summed E-state index contributed by atoms with van der Waals surface area (Å²) in [5.74, 6) is 0.828. The number of hydrogen-bond donors (Lipinski definition) is 1. The minimum absolute atomic E-state index is 0.828. The quantitative estimate of drug-likeness (QED) is 0.893. The molecule has 3 nitrogen and oxygen atoms in total. The van der Waals surface area contributed by atoms with Gasteiger partial charge in [-0.05, 0) is 38.8 Å². The van der Waals surface area contributed by atoms with Gasteiger partial charge in [0, 0.05) is 12.1 Å². The molecular weight excluding hydrogens is 222 g/mol. The van der Waals surface area contributed by atoms with E-state index in [0.29, 0.717) is 0 Å². The van der Waals surface area contributed by atoms with Crippen molar-refractivity contribution in [1.29, 1.82) is 0 Å². The Morgan fingerprint density at radius 2 is 1.72 bits per heavy atom. The highest BCUT2D eigenvalue weighted by Gasteiger charge is 2.09. The van der Waals surface area contributed by atoms with Crippen LogP contribution in [0, 0.1) is 20.8 Å². The van der Waals surface area contributed by atoms with E-state index in [1.165, 1.54) is 22.3 Å². The molecule has 2 aromatic rings. The summed E-state index contributed by atoms with van der Waals surface area (Å²) in [6.45, 7) is 9.26. The first-order chi connectivity index (χ1) is 8.61. The number of aryl methyl sites for hydroxylation is 3. The Labute approximate surface area is 108 Å². The van der Waals surface area contributed by atoms with Crippen LogP contribution in [0.2, 0.25) is 0 Å². The molecule has 0 fully saturated rings. The summed E-state index contributed by atoms with van der Waals surface area (Å²) >= 11 is 0. The first-order valence-corrected chi connectivity index (χ1v) is 6.26. The van der Waals surface area contributed by atoms with Crippen molar-refractivity contribution in [2.45, 2.75) is 27.7 Å². The minimum Gasteiger partial charge on any atom is -0.369 e. The van der Waals surface area contributed by atoms with E-state index < -0.39 is 0 Å². The van der Waals surface area contributed by atoms with Gasteiger partial charge in [-0.15, -0.1) is 0 Å². The second kappa shape index (κ2) is 5.17. The maximum Gasteiger partial charge on any atom is 0.145 e. The van der Waals surface area contributed by atoms with Gasteiger partial charge in [0.25, 0.3) is 0 Å². The molecule has 3 heteroatoms. The van der Waals surface area contributed by atoms with Gasteiger partial charge in [-0.3, -0.25) is 4.98 Å². The predicted molar refractivity (Wildman–Crippen MR) is 75.8 cm³/mol. The normalized spacial score (nSPS) is 10.4. The lowest BCUT2D eigenvalue weighted by Crippen LogP contribution is -2.01. The Morgan fingerprint density at radius 1 is 1.06 bits per heavy atom. The highest BCUT2D eigenvalue weighted by molar-refractivity contribution is 5.68. The number of anilines is 1. The Balaban J connectivity index is 2.51. The summed E-state index contributed by atoms with van der Waals surface area (Å²) in [5, 5.41) is 3.19. The van der Waals surface area contributed by atoms with E-state index in [4.69, 9.17) is 0 Å². The molecule has 2 rings (SSSR count). The van der Waals surface area contributed by atoms with E-state index in [1.807, 2.05) is 6.20 Å². The highest BCUT2D eigenvalue weighted by atomic mass is 15.0. The molecule has 0 saturated heterocycles. The molecule has 0 radical (unpaired) electrons. The Hall–Kier alpha value is -1.90. The van der Waals surface area contributed by atoms with Gasteiger partial charge in [-0.1, -0.05) is 17.7 Å². The van der Waals surface area contributed by atoms with Crippen molar-refractivity contribution in [3.05, 3.63) is 41.2 Å². The van der Waals surface area contributed by atoms with Crippen LogP contribution in [0.5, 0.6) is 0 Å². The molecule has 1 aromatic carbocycles. The Morgan fingerprint density at radius 3 is 2.33 bits per heavy atom. The summed E-state index contributed by atoms with van der Waals surface area (Å²) in [6, 6.07) is 4.37. The predicted octanol–water partition coefficient (Wildman–Crippen LogP) is 3.50. The van der Waals surface area contributed by atoms with E-state index in [1.54, 1.807) is 6.20 Å². The van der Waals surface area contributed by atoms with E-state index in [0.717, 1.165) is 18.1 Å². The van der Waals surface area contributed by atoms with E-state index in [-0.39, 0.29) is 0 Å². The van der Waals surface area contributed by atoms with Crippen LogP contribution in [0.15, 0.2) is 24.5 Å². The zero-order valence-corrected chi connectivity index (χ0v) is 11.4. The smallest absolute Gasteiger partial charge is 0.145 e. The molecule has 0 atom stereocenters. The van der Waals surface area contributed by atoms with Gasteiger partial charge in [0.2, 0.25) is 0 Å².